The zero-order chi connectivity index (χ0) is 18.5. The van der Waals surface area contributed by atoms with Gasteiger partial charge in [0.25, 0.3) is 5.91 Å². The number of terminal acetylenes is 1. The number of aromatic nitrogens is 1. The molecule has 2 aromatic carbocycles. The fourth-order valence-corrected chi connectivity index (χ4v) is 3.42. The normalized spacial score (nSPS) is 10.3. The summed E-state index contributed by atoms with van der Waals surface area (Å²) in [4.78, 5) is 19.1. The van der Waals surface area contributed by atoms with E-state index in [0.29, 0.717) is 22.0 Å². The van der Waals surface area contributed by atoms with Crippen LogP contribution in [0.2, 0.25) is 0 Å². The molecule has 1 amide bonds. The molecule has 3 rings (SSSR count). The Hall–Kier alpha value is -2.97. The summed E-state index contributed by atoms with van der Waals surface area (Å²) in [6, 6.07) is 14.3. The Bertz CT molecular complexity index is 957. The summed E-state index contributed by atoms with van der Waals surface area (Å²) in [6.45, 7) is 2.62. The average molecular weight is 364 g/mol. The Morgan fingerprint density at radius 2 is 1.96 bits per heavy atom. The van der Waals surface area contributed by atoms with Crippen LogP contribution in [0.25, 0.3) is 10.6 Å². The molecule has 0 atom stereocenters. The van der Waals surface area contributed by atoms with Gasteiger partial charge in [-0.05, 0) is 24.6 Å². The third-order valence-corrected chi connectivity index (χ3v) is 4.90. The highest BCUT2D eigenvalue weighted by Gasteiger charge is 2.19. The highest BCUT2D eigenvalue weighted by atomic mass is 32.1. The minimum Gasteiger partial charge on any atom is -0.322 e. The quantitative estimate of drug-likeness (QED) is 0.623. The van der Waals surface area contributed by atoms with Crippen LogP contribution in [-0.4, -0.2) is 22.3 Å². The molecule has 1 heterocycles. The summed E-state index contributed by atoms with van der Waals surface area (Å²) in [7, 11) is 0. The molecule has 0 fully saturated rings. The lowest BCUT2D eigenvalue weighted by Gasteiger charge is -2.19. The van der Waals surface area contributed by atoms with Crippen molar-refractivity contribution in [3.63, 3.8) is 0 Å². The first-order chi connectivity index (χ1) is 12.6. The first-order valence-corrected chi connectivity index (χ1v) is 8.89. The van der Waals surface area contributed by atoms with Gasteiger partial charge in [0.2, 0.25) is 0 Å². The third kappa shape index (κ3) is 3.98. The van der Waals surface area contributed by atoms with Crippen molar-refractivity contribution >= 4 is 17.2 Å². The topological polar surface area (TPSA) is 33.2 Å². The number of aryl methyl sites for hydroxylation is 1. The largest absolute Gasteiger partial charge is 0.322 e. The molecule has 3 aromatic rings. The number of thiazole rings is 1. The Morgan fingerprint density at radius 1 is 1.23 bits per heavy atom. The number of halogens is 1. The van der Waals surface area contributed by atoms with E-state index in [1.165, 1.54) is 12.3 Å². The molecule has 0 spiro atoms. The Balaban J connectivity index is 1.83. The SMILES string of the molecule is C#CCN(Cc1ccc(C)cc1)C(=O)c1cnc(-c2ccccc2F)s1. The monoisotopic (exact) mass is 364 g/mol. The maximum absolute atomic E-state index is 13.9. The molecular weight excluding hydrogens is 347 g/mol. The number of carbonyl (C=O) groups excluding carboxylic acids is 1. The maximum Gasteiger partial charge on any atom is 0.266 e. The number of amides is 1. The van der Waals surface area contributed by atoms with E-state index < -0.39 is 0 Å². The molecular formula is C21H17FN2OS. The van der Waals surface area contributed by atoms with Crippen molar-refractivity contribution in [3.8, 4) is 22.9 Å². The minimum atomic E-state index is -0.360. The average Bonchev–Trinajstić information content (AvgIpc) is 3.13. The zero-order valence-electron chi connectivity index (χ0n) is 14.3. The minimum absolute atomic E-state index is 0.194. The zero-order valence-corrected chi connectivity index (χ0v) is 15.1. The molecule has 5 heteroatoms. The van der Waals surface area contributed by atoms with Crippen LogP contribution < -0.4 is 0 Å². The van der Waals surface area contributed by atoms with Gasteiger partial charge >= 0.3 is 0 Å². The molecule has 0 unspecified atom stereocenters. The first-order valence-electron chi connectivity index (χ1n) is 8.07. The third-order valence-electron chi connectivity index (χ3n) is 3.88. The fraction of sp³-hybridized carbons (Fsp3) is 0.143. The van der Waals surface area contributed by atoms with E-state index in [1.54, 1.807) is 23.1 Å². The summed E-state index contributed by atoms with van der Waals surface area (Å²) in [6.07, 6.45) is 6.91. The molecule has 3 nitrogen and oxygen atoms in total. The molecule has 0 radical (unpaired) electrons. The van der Waals surface area contributed by atoms with Crippen LogP contribution in [0.15, 0.2) is 54.7 Å². The molecule has 0 bridgehead atoms. The van der Waals surface area contributed by atoms with Gasteiger partial charge in [-0.2, -0.15) is 0 Å². The smallest absolute Gasteiger partial charge is 0.266 e. The Labute approximate surface area is 156 Å². The lowest BCUT2D eigenvalue weighted by molar-refractivity contribution is 0.0770. The van der Waals surface area contributed by atoms with Crippen LogP contribution in [0.1, 0.15) is 20.8 Å². The van der Waals surface area contributed by atoms with Crippen molar-refractivity contribution in [2.75, 3.05) is 6.54 Å². The van der Waals surface area contributed by atoms with E-state index in [4.69, 9.17) is 6.42 Å². The molecule has 26 heavy (non-hydrogen) atoms. The van der Waals surface area contributed by atoms with Crippen LogP contribution >= 0.6 is 11.3 Å². The molecule has 0 aliphatic rings. The van der Waals surface area contributed by atoms with E-state index in [9.17, 15) is 9.18 Å². The van der Waals surface area contributed by atoms with Gasteiger partial charge in [-0.15, -0.1) is 17.8 Å². The second-order valence-electron chi connectivity index (χ2n) is 5.86. The van der Waals surface area contributed by atoms with Gasteiger partial charge < -0.3 is 4.90 Å². The van der Waals surface area contributed by atoms with Crippen LogP contribution in [0.5, 0.6) is 0 Å². The predicted octanol–water partition coefficient (Wildman–Crippen LogP) is 4.53. The van der Waals surface area contributed by atoms with Gasteiger partial charge in [-0.25, -0.2) is 9.37 Å². The number of nitrogens with zero attached hydrogens (tertiary/aromatic N) is 2. The van der Waals surface area contributed by atoms with Crippen molar-refractivity contribution in [3.05, 3.63) is 76.5 Å². The van der Waals surface area contributed by atoms with Gasteiger partial charge in [0.15, 0.2) is 0 Å². The van der Waals surface area contributed by atoms with Crippen LogP contribution in [0, 0.1) is 25.1 Å². The molecule has 0 saturated carbocycles. The lowest BCUT2D eigenvalue weighted by Crippen LogP contribution is -2.30. The molecule has 0 N–H and O–H groups in total. The number of benzene rings is 2. The number of hydrogen-bond acceptors (Lipinski definition) is 3. The van der Waals surface area contributed by atoms with Crippen molar-refractivity contribution < 1.29 is 9.18 Å². The Morgan fingerprint density at radius 3 is 2.65 bits per heavy atom. The second-order valence-corrected chi connectivity index (χ2v) is 6.89. The van der Waals surface area contributed by atoms with E-state index >= 15 is 0 Å². The van der Waals surface area contributed by atoms with Crippen molar-refractivity contribution in [1.82, 2.24) is 9.88 Å². The van der Waals surface area contributed by atoms with E-state index in [1.807, 2.05) is 31.2 Å². The van der Waals surface area contributed by atoms with Gasteiger partial charge in [0.05, 0.1) is 12.7 Å². The molecule has 1 aromatic heterocycles. The van der Waals surface area contributed by atoms with E-state index in [2.05, 4.69) is 10.9 Å². The van der Waals surface area contributed by atoms with Gasteiger partial charge in [-0.3, -0.25) is 4.79 Å². The van der Waals surface area contributed by atoms with Crippen LogP contribution in [0.3, 0.4) is 0 Å². The molecule has 130 valence electrons. The maximum atomic E-state index is 13.9. The van der Waals surface area contributed by atoms with Gasteiger partial charge in [-0.1, -0.05) is 47.9 Å². The Kier molecular flexibility index (Phi) is 5.45. The lowest BCUT2D eigenvalue weighted by atomic mass is 10.1. The summed E-state index contributed by atoms with van der Waals surface area (Å²) in [5.74, 6) is 1.96. The molecule has 0 saturated heterocycles. The summed E-state index contributed by atoms with van der Waals surface area (Å²) in [5.41, 5.74) is 2.54. The summed E-state index contributed by atoms with van der Waals surface area (Å²) >= 11 is 1.16. The van der Waals surface area contributed by atoms with Crippen LogP contribution in [-0.2, 0) is 6.54 Å². The van der Waals surface area contributed by atoms with Gasteiger partial charge in [0, 0.05) is 12.1 Å². The van der Waals surface area contributed by atoms with Crippen LogP contribution in [0.4, 0.5) is 4.39 Å². The second kappa shape index (κ2) is 7.94. The van der Waals surface area contributed by atoms with Gasteiger partial charge in [0.1, 0.15) is 15.7 Å². The van der Waals surface area contributed by atoms with Crippen molar-refractivity contribution in [2.24, 2.45) is 0 Å². The standard InChI is InChI=1S/C21H17FN2OS/c1-3-12-24(14-16-10-8-15(2)9-11-16)21(25)19-13-23-20(26-19)17-6-4-5-7-18(17)22/h1,4-11,13H,12,14H2,2H3. The van der Waals surface area contributed by atoms with Crippen molar-refractivity contribution in [1.29, 1.82) is 0 Å². The first kappa shape index (κ1) is 17.8. The summed E-state index contributed by atoms with van der Waals surface area (Å²) < 4.78 is 13.9. The number of hydrogen-bond donors (Lipinski definition) is 0. The molecule has 0 aliphatic heterocycles. The van der Waals surface area contributed by atoms with E-state index in [-0.39, 0.29) is 18.3 Å². The highest BCUT2D eigenvalue weighted by molar-refractivity contribution is 7.16. The van der Waals surface area contributed by atoms with E-state index in [0.717, 1.165) is 22.5 Å². The molecule has 0 aliphatic carbocycles. The van der Waals surface area contributed by atoms with Crippen molar-refractivity contribution in [2.45, 2.75) is 13.5 Å². The fourth-order valence-electron chi connectivity index (χ4n) is 2.51. The predicted molar refractivity (Wildman–Crippen MR) is 102 cm³/mol. The highest BCUT2D eigenvalue weighted by Crippen LogP contribution is 2.28. The summed E-state index contributed by atoms with van der Waals surface area (Å²) in [5, 5.41) is 0.474. The number of rotatable bonds is 5. The number of carbonyl (C=O) groups is 1.